The third-order valence-corrected chi connectivity index (χ3v) is 6.29. The smallest absolute Gasteiger partial charge is 0.232 e. The molecule has 128 valence electrons. The van der Waals surface area contributed by atoms with Crippen LogP contribution in [0.25, 0.3) is 0 Å². The average molecular weight is 317 g/mol. The first-order chi connectivity index (χ1) is 10.8. The van der Waals surface area contributed by atoms with Crippen molar-refractivity contribution in [3.63, 3.8) is 0 Å². The van der Waals surface area contributed by atoms with Gasteiger partial charge in [-0.15, -0.1) is 0 Å². The van der Waals surface area contributed by atoms with E-state index in [1.807, 2.05) is 0 Å². The van der Waals surface area contributed by atoms with E-state index in [0.29, 0.717) is 5.41 Å². The molecule has 1 heterocycles. The maximum Gasteiger partial charge on any atom is 0.232 e. The Balaban J connectivity index is 1.40. The van der Waals surface area contributed by atoms with Crippen molar-refractivity contribution in [2.45, 2.75) is 71.3 Å². The van der Waals surface area contributed by atoms with Crippen LogP contribution in [0.4, 0.5) is 0 Å². The maximum absolute atomic E-state index is 5.44. The van der Waals surface area contributed by atoms with Gasteiger partial charge in [-0.2, -0.15) is 4.98 Å². The van der Waals surface area contributed by atoms with Crippen molar-refractivity contribution in [1.29, 1.82) is 0 Å². The molecule has 4 heteroatoms. The van der Waals surface area contributed by atoms with Crippen LogP contribution in [0.1, 0.15) is 71.0 Å². The summed E-state index contributed by atoms with van der Waals surface area (Å²) in [5, 5.41) is 4.19. The molecule has 23 heavy (non-hydrogen) atoms. The van der Waals surface area contributed by atoms with Crippen molar-refractivity contribution < 1.29 is 4.52 Å². The van der Waals surface area contributed by atoms with Gasteiger partial charge >= 0.3 is 0 Å². The second-order valence-corrected chi connectivity index (χ2v) is 9.86. The highest BCUT2D eigenvalue weighted by Gasteiger charge is 2.51. The van der Waals surface area contributed by atoms with Crippen molar-refractivity contribution in [3.8, 4) is 0 Å². The molecule has 0 amide bonds. The van der Waals surface area contributed by atoms with Crippen molar-refractivity contribution in [1.82, 2.24) is 15.0 Å². The molecule has 0 spiro atoms. The van der Waals surface area contributed by atoms with Crippen LogP contribution in [-0.4, -0.2) is 28.6 Å². The summed E-state index contributed by atoms with van der Waals surface area (Å²) in [5.41, 5.74) is 0.518. The largest absolute Gasteiger partial charge is 0.339 e. The number of rotatable bonds is 4. The minimum Gasteiger partial charge on any atom is -0.339 e. The predicted octanol–water partition coefficient (Wildman–Crippen LogP) is 4.02. The zero-order valence-corrected chi connectivity index (χ0v) is 15.1. The second-order valence-electron chi connectivity index (χ2n) is 9.86. The predicted molar refractivity (Wildman–Crippen MR) is 89.9 cm³/mol. The Hall–Kier alpha value is -0.900. The second kappa shape index (κ2) is 5.30. The number of hydrogen-bond donors (Lipinski definition) is 0. The van der Waals surface area contributed by atoms with Crippen molar-refractivity contribution in [2.75, 3.05) is 13.6 Å². The Labute approximate surface area is 140 Å². The molecule has 0 aliphatic heterocycles. The van der Waals surface area contributed by atoms with Crippen molar-refractivity contribution in [2.24, 2.45) is 23.2 Å². The molecule has 4 aliphatic rings. The molecule has 4 fully saturated rings. The SMILES string of the molecule is CN(Cc1noc(C(C)(C)C)n1)CC12CC3CC(CC(C3)C1)C2. The summed E-state index contributed by atoms with van der Waals surface area (Å²) in [6.07, 6.45) is 8.93. The van der Waals surface area contributed by atoms with E-state index in [4.69, 9.17) is 4.52 Å². The van der Waals surface area contributed by atoms with Crippen LogP contribution < -0.4 is 0 Å². The van der Waals surface area contributed by atoms with Crippen LogP contribution in [0.5, 0.6) is 0 Å². The molecule has 0 unspecified atom stereocenters. The van der Waals surface area contributed by atoms with Crippen LogP contribution >= 0.6 is 0 Å². The van der Waals surface area contributed by atoms with Gasteiger partial charge in [0.2, 0.25) is 5.89 Å². The first-order valence-electron chi connectivity index (χ1n) is 9.33. The van der Waals surface area contributed by atoms with Gasteiger partial charge in [-0.3, -0.25) is 4.90 Å². The molecule has 0 N–H and O–H groups in total. The Kier molecular flexibility index (Phi) is 3.60. The summed E-state index contributed by atoms with van der Waals surface area (Å²) in [7, 11) is 2.23. The normalized spacial score (nSPS) is 36.1. The minimum atomic E-state index is -0.0657. The lowest BCUT2D eigenvalue weighted by Gasteiger charge is -2.57. The lowest BCUT2D eigenvalue weighted by atomic mass is 9.49. The third kappa shape index (κ3) is 3.07. The summed E-state index contributed by atoms with van der Waals surface area (Å²) in [6.45, 7) is 8.35. The van der Waals surface area contributed by atoms with Crippen LogP contribution in [0, 0.1) is 23.2 Å². The number of nitrogens with zero attached hydrogens (tertiary/aromatic N) is 3. The highest BCUT2D eigenvalue weighted by molar-refractivity contribution is 5.03. The highest BCUT2D eigenvalue weighted by atomic mass is 16.5. The van der Waals surface area contributed by atoms with E-state index in [2.05, 4.69) is 42.9 Å². The monoisotopic (exact) mass is 317 g/mol. The molecule has 0 saturated heterocycles. The van der Waals surface area contributed by atoms with Gasteiger partial charge in [0.05, 0.1) is 6.54 Å². The van der Waals surface area contributed by atoms with Crippen molar-refractivity contribution >= 4 is 0 Å². The van der Waals surface area contributed by atoms with E-state index in [0.717, 1.165) is 36.0 Å². The zero-order valence-electron chi connectivity index (χ0n) is 15.1. The summed E-state index contributed by atoms with van der Waals surface area (Å²) < 4.78 is 5.44. The van der Waals surface area contributed by atoms with Gasteiger partial charge in [0.25, 0.3) is 0 Å². The molecule has 0 radical (unpaired) electrons. The Morgan fingerprint density at radius 2 is 1.65 bits per heavy atom. The fraction of sp³-hybridized carbons (Fsp3) is 0.895. The maximum atomic E-state index is 5.44. The zero-order chi connectivity index (χ0) is 16.2. The lowest BCUT2D eigenvalue weighted by Crippen LogP contribution is -2.50. The fourth-order valence-electron chi connectivity index (χ4n) is 5.98. The number of hydrogen-bond acceptors (Lipinski definition) is 4. The first-order valence-corrected chi connectivity index (χ1v) is 9.33. The highest BCUT2D eigenvalue weighted by Crippen LogP contribution is 2.60. The lowest BCUT2D eigenvalue weighted by molar-refractivity contribution is -0.0672. The quantitative estimate of drug-likeness (QED) is 0.841. The molecule has 4 aliphatic carbocycles. The van der Waals surface area contributed by atoms with Crippen molar-refractivity contribution in [3.05, 3.63) is 11.7 Å². The first kappa shape index (κ1) is 15.6. The minimum absolute atomic E-state index is 0.0657. The van der Waals surface area contributed by atoms with E-state index in [1.54, 1.807) is 0 Å². The third-order valence-electron chi connectivity index (χ3n) is 6.29. The fourth-order valence-corrected chi connectivity index (χ4v) is 5.98. The van der Waals surface area contributed by atoms with E-state index in [-0.39, 0.29) is 5.41 Å². The number of aromatic nitrogens is 2. The standard InChI is InChI=1S/C19H31N3O/c1-18(2,3)17-20-16(21-23-17)11-22(4)12-19-8-13-5-14(9-19)7-15(6-13)10-19/h13-15H,5-12H2,1-4H3. The van der Waals surface area contributed by atoms with Gasteiger partial charge in [0.1, 0.15) is 0 Å². The summed E-state index contributed by atoms with van der Waals surface area (Å²) in [5.74, 6) is 4.64. The van der Waals surface area contributed by atoms with E-state index in [9.17, 15) is 0 Å². The van der Waals surface area contributed by atoms with Crippen LogP contribution in [-0.2, 0) is 12.0 Å². The molecule has 4 bridgehead atoms. The molecular formula is C19H31N3O. The van der Waals surface area contributed by atoms with Crippen LogP contribution in [0.3, 0.4) is 0 Å². The summed E-state index contributed by atoms with van der Waals surface area (Å²) in [6, 6.07) is 0. The molecule has 0 aromatic carbocycles. The van der Waals surface area contributed by atoms with Crippen LogP contribution in [0.2, 0.25) is 0 Å². The molecule has 1 aromatic heterocycles. The topological polar surface area (TPSA) is 42.2 Å². The Morgan fingerprint density at radius 3 is 2.13 bits per heavy atom. The summed E-state index contributed by atoms with van der Waals surface area (Å²) >= 11 is 0. The molecule has 4 saturated carbocycles. The Morgan fingerprint density at radius 1 is 1.09 bits per heavy atom. The summed E-state index contributed by atoms with van der Waals surface area (Å²) in [4.78, 5) is 7.03. The average Bonchev–Trinajstić information content (AvgIpc) is 2.84. The molecular weight excluding hydrogens is 286 g/mol. The van der Waals surface area contributed by atoms with Gasteiger partial charge in [-0.1, -0.05) is 25.9 Å². The molecule has 0 atom stereocenters. The van der Waals surface area contributed by atoms with Gasteiger partial charge < -0.3 is 4.52 Å². The van der Waals surface area contributed by atoms with Gasteiger partial charge in [0, 0.05) is 12.0 Å². The van der Waals surface area contributed by atoms with E-state index < -0.39 is 0 Å². The van der Waals surface area contributed by atoms with E-state index >= 15 is 0 Å². The van der Waals surface area contributed by atoms with Gasteiger partial charge in [-0.05, 0) is 68.7 Å². The van der Waals surface area contributed by atoms with Gasteiger partial charge in [0.15, 0.2) is 5.82 Å². The van der Waals surface area contributed by atoms with E-state index in [1.165, 1.54) is 45.1 Å². The van der Waals surface area contributed by atoms with Crippen LogP contribution in [0.15, 0.2) is 4.52 Å². The Bertz CT molecular complexity index is 536. The van der Waals surface area contributed by atoms with Gasteiger partial charge in [-0.25, -0.2) is 0 Å². The molecule has 1 aromatic rings. The molecule has 4 nitrogen and oxygen atoms in total. The molecule has 5 rings (SSSR count).